The van der Waals surface area contributed by atoms with Crippen LogP contribution in [0.4, 0.5) is 11.4 Å². The van der Waals surface area contributed by atoms with Crippen LogP contribution in [-0.4, -0.2) is 26.2 Å². The van der Waals surface area contributed by atoms with Gasteiger partial charge in [-0.15, -0.1) is 0 Å². The number of carbonyl (C=O) groups is 1. The summed E-state index contributed by atoms with van der Waals surface area (Å²) in [6, 6.07) is 21.3. The van der Waals surface area contributed by atoms with Crippen molar-refractivity contribution in [3.05, 3.63) is 123 Å². The van der Waals surface area contributed by atoms with Crippen LogP contribution in [0.3, 0.4) is 0 Å². The molecule has 3 heterocycles. The Morgan fingerprint density at radius 1 is 0.814 bits per heavy atom. The van der Waals surface area contributed by atoms with Gasteiger partial charge in [0.15, 0.2) is 0 Å². The van der Waals surface area contributed by atoms with E-state index in [1.54, 1.807) is 62.6 Å². The predicted molar refractivity (Wildman–Crippen MR) is 166 cm³/mol. The van der Waals surface area contributed by atoms with Gasteiger partial charge in [0.25, 0.3) is 0 Å². The van der Waals surface area contributed by atoms with Gasteiger partial charge in [-0.05, 0) is 61.9 Å². The van der Waals surface area contributed by atoms with E-state index >= 15 is 0 Å². The van der Waals surface area contributed by atoms with Crippen molar-refractivity contribution in [2.75, 3.05) is 10.6 Å². The number of nitrogens with one attached hydrogen (secondary N) is 2. The number of aryl methyl sites for hydroxylation is 1. The average molecular weight is 573 g/mol. The van der Waals surface area contributed by atoms with E-state index in [1.165, 1.54) is 0 Å². The van der Waals surface area contributed by atoms with E-state index in [4.69, 9.17) is 4.42 Å². The van der Waals surface area contributed by atoms with Gasteiger partial charge in [0, 0.05) is 40.0 Å². The lowest BCUT2D eigenvalue weighted by atomic mass is 9.88. The Hall–Kier alpha value is -5.70. The number of fused-ring (bicyclic) bond motifs is 2. The number of aromatic carboxylic acids is 1. The maximum absolute atomic E-state index is 13.5. The van der Waals surface area contributed by atoms with Crippen LogP contribution in [0, 0.1) is 13.8 Å². The Morgan fingerprint density at radius 3 is 2.07 bits per heavy atom. The van der Waals surface area contributed by atoms with Crippen LogP contribution in [0.25, 0.3) is 33.4 Å². The van der Waals surface area contributed by atoms with Crippen LogP contribution in [0.15, 0.2) is 94.4 Å². The lowest BCUT2D eigenvalue weighted by Crippen LogP contribution is -2.16. The highest BCUT2D eigenvalue weighted by molar-refractivity contribution is 6.10. The number of aromatic nitrogens is 2. The second-order valence-electron chi connectivity index (χ2n) is 10.2. The first-order valence-electron chi connectivity index (χ1n) is 13.7. The van der Waals surface area contributed by atoms with Crippen molar-refractivity contribution < 1.29 is 19.4 Å². The number of rotatable bonds is 8. The molecule has 43 heavy (non-hydrogen) atoms. The molecule has 214 valence electrons. The highest BCUT2D eigenvalue weighted by atomic mass is 16.4. The van der Waals surface area contributed by atoms with E-state index in [-0.39, 0.29) is 16.7 Å². The lowest BCUT2D eigenvalue weighted by Gasteiger charge is -2.22. The molecular weight excluding hydrogens is 544 g/mol. The summed E-state index contributed by atoms with van der Waals surface area (Å²) in [5.74, 6) is -0.794. The predicted octanol–water partition coefficient (Wildman–Crippen LogP) is 6.60. The van der Waals surface area contributed by atoms with Crippen molar-refractivity contribution in [1.29, 1.82) is 0 Å². The molecule has 4 N–H and O–H groups in total. The standard InChI is InChI=1S/C34H28N4O5/c1-19-30(39)27(37-17-21-9-5-7-13-35-21)15-25-29(23-11-3-4-12-24(23)34(41)42)26-16-28(38-18-22-10-6-8-14-36-22)31(40)20(2)33(26)43-32(19)25/h3-16,37-39H,17-18H2,1-2H3,(H,41,42). The van der Waals surface area contributed by atoms with Crippen molar-refractivity contribution in [3.63, 3.8) is 0 Å². The van der Waals surface area contributed by atoms with Crippen molar-refractivity contribution in [3.8, 4) is 28.2 Å². The molecule has 2 aromatic heterocycles. The Bertz CT molecular complexity index is 2010. The quantitative estimate of drug-likeness (QED) is 0.117. The number of pyridine rings is 2. The Morgan fingerprint density at radius 2 is 1.44 bits per heavy atom. The van der Waals surface area contributed by atoms with E-state index in [2.05, 4.69) is 20.6 Å². The summed E-state index contributed by atoms with van der Waals surface area (Å²) in [5, 5.41) is 28.4. The van der Waals surface area contributed by atoms with Crippen molar-refractivity contribution in [2.45, 2.75) is 26.9 Å². The summed E-state index contributed by atoms with van der Waals surface area (Å²) < 4.78 is 6.38. The van der Waals surface area contributed by atoms with E-state index < -0.39 is 5.97 Å². The Balaban J connectivity index is 1.62. The van der Waals surface area contributed by atoms with Crippen molar-refractivity contribution in [1.82, 2.24) is 9.97 Å². The molecule has 0 bridgehead atoms. The third kappa shape index (κ3) is 5.12. The third-order valence-electron chi connectivity index (χ3n) is 7.49. The maximum Gasteiger partial charge on any atom is 0.336 e. The summed E-state index contributed by atoms with van der Waals surface area (Å²) in [7, 11) is 0. The number of anilines is 2. The van der Waals surface area contributed by atoms with E-state index in [1.807, 2.05) is 36.4 Å². The van der Waals surface area contributed by atoms with Gasteiger partial charge < -0.3 is 25.3 Å². The molecule has 0 amide bonds. The Labute approximate surface area is 246 Å². The second-order valence-corrected chi connectivity index (χ2v) is 10.2. The SMILES string of the molecule is Cc1c2oc3c(C)c(O)c(NCc4ccccn4)cc3c(-c3ccccc3C(=O)O)c-2cc(NCc2ccccn2)c1=O. The summed E-state index contributed by atoms with van der Waals surface area (Å²) >= 11 is 0. The highest BCUT2D eigenvalue weighted by Gasteiger charge is 2.27. The van der Waals surface area contributed by atoms with E-state index in [0.717, 1.165) is 11.4 Å². The first-order valence-corrected chi connectivity index (χ1v) is 13.7. The number of nitrogens with zero attached hydrogens (tertiary/aromatic N) is 2. The normalized spacial score (nSPS) is 11.1. The molecule has 0 saturated carbocycles. The summed E-state index contributed by atoms with van der Waals surface area (Å²) in [6.07, 6.45) is 3.38. The number of phenols is 1. The molecule has 0 unspecified atom stereocenters. The van der Waals surface area contributed by atoms with Gasteiger partial charge in [-0.1, -0.05) is 30.3 Å². The first kappa shape index (κ1) is 27.5. The number of phenolic OH excluding ortho intramolecular Hbond substituents is 1. The van der Waals surface area contributed by atoms with E-state index in [9.17, 15) is 19.8 Å². The largest absolute Gasteiger partial charge is 0.505 e. The summed E-state index contributed by atoms with van der Waals surface area (Å²) in [6.45, 7) is 4.07. The minimum atomic E-state index is -1.09. The molecule has 0 spiro atoms. The number of carboxylic acids is 1. The fourth-order valence-electron chi connectivity index (χ4n) is 5.27. The molecular formula is C34H28N4O5. The van der Waals surface area contributed by atoms with Gasteiger partial charge in [-0.3, -0.25) is 14.8 Å². The summed E-state index contributed by atoms with van der Waals surface area (Å²) in [5.41, 5.74) is 4.88. The third-order valence-corrected chi connectivity index (χ3v) is 7.49. The zero-order chi connectivity index (χ0) is 30.1. The minimum absolute atomic E-state index is 0.0161. The number of hydrogen-bond donors (Lipinski definition) is 4. The molecule has 1 aliphatic carbocycles. The van der Waals surface area contributed by atoms with Gasteiger partial charge in [-0.25, -0.2) is 4.79 Å². The fourth-order valence-corrected chi connectivity index (χ4v) is 5.27. The van der Waals surface area contributed by atoms with Crippen LogP contribution in [0.2, 0.25) is 0 Å². The maximum atomic E-state index is 13.5. The summed E-state index contributed by atoms with van der Waals surface area (Å²) in [4.78, 5) is 34.6. The number of carboxylic acid groups (broad SMARTS) is 1. The Kier molecular flexibility index (Phi) is 7.21. The van der Waals surface area contributed by atoms with Crippen LogP contribution >= 0.6 is 0 Å². The smallest absolute Gasteiger partial charge is 0.336 e. The molecule has 2 aliphatic rings. The average Bonchev–Trinajstić information content (AvgIpc) is 3.03. The van der Waals surface area contributed by atoms with Crippen molar-refractivity contribution >= 4 is 28.3 Å². The molecule has 0 atom stereocenters. The monoisotopic (exact) mass is 572 g/mol. The van der Waals surface area contributed by atoms with E-state index in [0.29, 0.717) is 69.0 Å². The molecule has 4 aromatic rings. The first-order chi connectivity index (χ1) is 20.8. The van der Waals surface area contributed by atoms with Gasteiger partial charge in [0.1, 0.15) is 17.1 Å². The van der Waals surface area contributed by atoms with Crippen LogP contribution in [0.1, 0.15) is 32.9 Å². The minimum Gasteiger partial charge on any atom is -0.505 e. The number of aromatic hydroxyl groups is 1. The van der Waals surface area contributed by atoms with Gasteiger partial charge in [0.2, 0.25) is 5.43 Å². The molecule has 6 rings (SSSR count). The molecule has 0 fully saturated rings. The highest BCUT2D eigenvalue weighted by Crippen LogP contribution is 2.47. The van der Waals surface area contributed by atoms with Gasteiger partial charge in [-0.2, -0.15) is 0 Å². The molecule has 9 nitrogen and oxygen atoms in total. The van der Waals surface area contributed by atoms with Crippen LogP contribution < -0.4 is 16.1 Å². The van der Waals surface area contributed by atoms with Gasteiger partial charge >= 0.3 is 5.97 Å². The molecule has 1 aliphatic heterocycles. The van der Waals surface area contributed by atoms with Crippen LogP contribution in [0.5, 0.6) is 5.75 Å². The molecule has 2 aromatic carbocycles. The van der Waals surface area contributed by atoms with Crippen molar-refractivity contribution in [2.24, 2.45) is 0 Å². The zero-order valence-corrected chi connectivity index (χ0v) is 23.5. The molecule has 0 saturated heterocycles. The molecule has 0 radical (unpaired) electrons. The fraction of sp³-hybridized carbons (Fsp3) is 0.118. The second kappa shape index (κ2) is 11.3. The van der Waals surface area contributed by atoms with Crippen LogP contribution in [-0.2, 0) is 13.1 Å². The van der Waals surface area contributed by atoms with Gasteiger partial charge in [0.05, 0.1) is 41.4 Å². The molecule has 9 heteroatoms. The number of hydrogen-bond acceptors (Lipinski definition) is 8. The topological polar surface area (TPSA) is 138 Å². The zero-order valence-electron chi connectivity index (χ0n) is 23.5. The number of benzene rings is 3. The lowest BCUT2D eigenvalue weighted by molar-refractivity contribution is 0.0697.